The highest BCUT2D eigenvalue weighted by molar-refractivity contribution is 5.96. The molecule has 0 aliphatic rings. The van der Waals surface area contributed by atoms with Crippen LogP contribution in [0.2, 0.25) is 0 Å². The van der Waals surface area contributed by atoms with Gasteiger partial charge < -0.3 is 15.8 Å². The molecule has 4 heteroatoms. The molecular weight excluding hydrogens is 216 g/mol. The molecule has 0 atom stereocenters. The molecule has 0 bridgehead atoms. The van der Waals surface area contributed by atoms with E-state index < -0.39 is 5.97 Å². The van der Waals surface area contributed by atoms with Gasteiger partial charge in [-0.2, -0.15) is 0 Å². The minimum atomic E-state index is -0.407. The summed E-state index contributed by atoms with van der Waals surface area (Å²) in [5.74, 6) is 0.242. The van der Waals surface area contributed by atoms with Gasteiger partial charge in [-0.05, 0) is 30.5 Å². The van der Waals surface area contributed by atoms with E-state index in [9.17, 15) is 4.79 Å². The first kappa shape index (κ1) is 13.4. The van der Waals surface area contributed by atoms with Gasteiger partial charge in [0.05, 0.1) is 12.7 Å². The highest BCUT2D eigenvalue weighted by Crippen LogP contribution is 2.18. The molecule has 17 heavy (non-hydrogen) atoms. The van der Waals surface area contributed by atoms with Crippen LogP contribution in [0.1, 0.15) is 30.6 Å². The SMILES string of the molecule is COC(=O)c1cc(NCCC(C)C)ccc1N. The summed E-state index contributed by atoms with van der Waals surface area (Å²) in [4.78, 5) is 11.4. The Morgan fingerprint density at radius 3 is 2.76 bits per heavy atom. The second-order valence-electron chi connectivity index (χ2n) is 4.40. The second kappa shape index (κ2) is 6.13. The van der Waals surface area contributed by atoms with E-state index in [1.54, 1.807) is 12.1 Å². The van der Waals surface area contributed by atoms with E-state index in [1.165, 1.54) is 7.11 Å². The topological polar surface area (TPSA) is 64.3 Å². The van der Waals surface area contributed by atoms with Crippen molar-refractivity contribution in [1.82, 2.24) is 0 Å². The lowest BCUT2D eigenvalue weighted by molar-refractivity contribution is 0.0602. The van der Waals surface area contributed by atoms with Gasteiger partial charge in [-0.15, -0.1) is 0 Å². The van der Waals surface area contributed by atoms with Gasteiger partial charge in [0, 0.05) is 17.9 Å². The molecule has 0 saturated heterocycles. The molecule has 0 radical (unpaired) electrons. The number of rotatable bonds is 5. The van der Waals surface area contributed by atoms with Crippen LogP contribution in [0.15, 0.2) is 18.2 Å². The third kappa shape index (κ3) is 3.98. The predicted molar refractivity (Wildman–Crippen MR) is 70.1 cm³/mol. The lowest BCUT2D eigenvalue weighted by atomic mass is 10.1. The average Bonchev–Trinajstić information content (AvgIpc) is 2.30. The molecule has 0 aliphatic carbocycles. The van der Waals surface area contributed by atoms with Crippen LogP contribution >= 0.6 is 0 Å². The van der Waals surface area contributed by atoms with Crippen molar-refractivity contribution in [2.75, 3.05) is 24.7 Å². The molecule has 0 spiro atoms. The highest BCUT2D eigenvalue weighted by Gasteiger charge is 2.10. The zero-order valence-electron chi connectivity index (χ0n) is 10.6. The zero-order chi connectivity index (χ0) is 12.8. The summed E-state index contributed by atoms with van der Waals surface area (Å²) in [5.41, 5.74) is 7.44. The molecule has 0 fully saturated rings. The number of benzene rings is 1. The molecule has 4 nitrogen and oxygen atoms in total. The molecule has 3 N–H and O–H groups in total. The smallest absolute Gasteiger partial charge is 0.340 e. The maximum atomic E-state index is 11.4. The Morgan fingerprint density at radius 2 is 2.18 bits per heavy atom. The summed E-state index contributed by atoms with van der Waals surface area (Å²) in [6.07, 6.45) is 1.08. The maximum Gasteiger partial charge on any atom is 0.340 e. The van der Waals surface area contributed by atoms with Gasteiger partial charge in [0.2, 0.25) is 0 Å². The number of nitrogens with one attached hydrogen (secondary N) is 1. The fourth-order valence-corrected chi connectivity index (χ4v) is 1.46. The number of carbonyl (C=O) groups excluding carboxylic acids is 1. The number of ether oxygens (including phenoxy) is 1. The standard InChI is InChI=1S/C13H20N2O2/c1-9(2)6-7-15-10-4-5-12(14)11(8-10)13(16)17-3/h4-5,8-9,15H,6-7,14H2,1-3H3. The molecule has 1 aromatic carbocycles. The summed E-state index contributed by atoms with van der Waals surface area (Å²) < 4.78 is 4.67. The number of esters is 1. The molecule has 0 amide bonds. The van der Waals surface area contributed by atoms with E-state index in [0.29, 0.717) is 17.2 Å². The van der Waals surface area contributed by atoms with E-state index in [-0.39, 0.29) is 0 Å². The van der Waals surface area contributed by atoms with E-state index >= 15 is 0 Å². The Kier molecular flexibility index (Phi) is 4.82. The van der Waals surface area contributed by atoms with Gasteiger partial charge in [0.15, 0.2) is 0 Å². The van der Waals surface area contributed by atoms with Crippen LogP contribution in [-0.4, -0.2) is 19.6 Å². The fourth-order valence-electron chi connectivity index (χ4n) is 1.46. The molecule has 0 saturated carbocycles. The van der Waals surface area contributed by atoms with Crippen LogP contribution in [0.5, 0.6) is 0 Å². The van der Waals surface area contributed by atoms with E-state index in [2.05, 4.69) is 23.9 Å². The number of hydrogen-bond donors (Lipinski definition) is 2. The summed E-state index contributed by atoms with van der Waals surface area (Å²) in [6, 6.07) is 5.30. The lowest BCUT2D eigenvalue weighted by Crippen LogP contribution is -2.09. The van der Waals surface area contributed by atoms with E-state index in [0.717, 1.165) is 18.7 Å². The van der Waals surface area contributed by atoms with Crippen molar-refractivity contribution in [1.29, 1.82) is 0 Å². The molecule has 0 unspecified atom stereocenters. The Balaban J connectivity index is 2.71. The summed E-state index contributed by atoms with van der Waals surface area (Å²) >= 11 is 0. The minimum absolute atomic E-state index is 0.405. The Labute approximate surface area is 102 Å². The fraction of sp³-hybridized carbons (Fsp3) is 0.462. The maximum absolute atomic E-state index is 11.4. The summed E-state index contributed by atoms with van der Waals surface area (Å²) in [7, 11) is 1.35. The molecule has 1 rings (SSSR count). The van der Waals surface area contributed by atoms with Crippen LogP contribution < -0.4 is 11.1 Å². The van der Waals surface area contributed by atoms with Gasteiger partial charge >= 0.3 is 5.97 Å². The third-order valence-electron chi connectivity index (χ3n) is 2.51. The molecule has 0 heterocycles. The van der Waals surface area contributed by atoms with Crippen molar-refractivity contribution >= 4 is 17.3 Å². The number of nitrogen functional groups attached to an aromatic ring is 1. The third-order valence-corrected chi connectivity index (χ3v) is 2.51. The molecule has 0 aliphatic heterocycles. The Bertz CT molecular complexity index is 389. The first-order chi connectivity index (χ1) is 8.04. The van der Waals surface area contributed by atoms with Gasteiger partial charge in [-0.1, -0.05) is 13.8 Å². The predicted octanol–water partition coefficient (Wildman–Crippen LogP) is 2.51. The Hall–Kier alpha value is -1.71. The van der Waals surface area contributed by atoms with Crippen molar-refractivity contribution in [2.45, 2.75) is 20.3 Å². The van der Waals surface area contributed by atoms with Gasteiger partial charge in [-0.25, -0.2) is 4.79 Å². The molecule has 94 valence electrons. The molecular formula is C13H20N2O2. The quantitative estimate of drug-likeness (QED) is 0.609. The summed E-state index contributed by atoms with van der Waals surface area (Å²) in [5, 5.41) is 3.26. The van der Waals surface area contributed by atoms with Crippen LogP contribution in [0.4, 0.5) is 11.4 Å². The van der Waals surface area contributed by atoms with Crippen LogP contribution in [-0.2, 0) is 4.74 Å². The van der Waals surface area contributed by atoms with Crippen molar-refractivity contribution in [3.8, 4) is 0 Å². The van der Waals surface area contributed by atoms with Crippen LogP contribution in [0.25, 0.3) is 0 Å². The number of anilines is 2. The van der Waals surface area contributed by atoms with Crippen molar-refractivity contribution in [2.24, 2.45) is 5.92 Å². The lowest BCUT2D eigenvalue weighted by Gasteiger charge is -2.10. The number of hydrogen-bond acceptors (Lipinski definition) is 4. The van der Waals surface area contributed by atoms with E-state index in [1.807, 2.05) is 6.07 Å². The number of methoxy groups -OCH3 is 1. The second-order valence-corrected chi connectivity index (χ2v) is 4.40. The highest BCUT2D eigenvalue weighted by atomic mass is 16.5. The van der Waals surface area contributed by atoms with Crippen molar-refractivity contribution < 1.29 is 9.53 Å². The molecule has 0 aromatic heterocycles. The average molecular weight is 236 g/mol. The van der Waals surface area contributed by atoms with E-state index in [4.69, 9.17) is 5.73 Å². The van der Waals surface area contributed by atoms with Gasteiger partial charge in [0.25, 0.3) is 0 Å². The van der Waals surface area contributed by atoms with Gasteiger partial charge in [-0.3, -0.25) is 0 Å². The first-order valence-electron chi connectivity index (χ1n) is 5.76. The normalized spacial score (nSPS) is 10.4. The first-order valence-corrected chi connectivity index (χ1v) is 5.76. The monoisotopic (exact) mass is 236 g/mol. The van der Waals surface area contributed by atoms with Crippen molar-refractivity contribution in [3.63, 3.8) is 0 Å². The minimum Gasteiger partial charge on any atom is -0.465 e. The number of nitrogens with two attached hydrogens (primary N) is 1. The van der Waals surface area contributed by atoms with Crippen LogP contribution in [0, 0.1) is 5.92 Å². The zero-order valence-corrected chi connectivity index (χ0v) is 10.6. The van der Waals surface area contributed by atoms with Crippen LogP contribution in [0.3, 0.4) is 0 Å². The largest absolute Gasteiger partial charge is 0.465 e. The number of carbonyl (C=O) groups is 1. The molecule has 1 aromatic rings. The van der Waals surface area contributed by atoms with Gasteiger partial charge in [0.1, 0.15) is 0 Å². The Morgan fingerprint density at radius 1 is 1.47 bits per heavy atom. The summed E-state index contributed by atoms with van der Waals surface area (Å²) in [6.45, 7) is 5.22. The van der Waals surface area contributed by atoms with Crippen molar-refractivity contribution in [3.05, 3.63) is 23.8 Å².